The lowest BCUT2D eigenvalue weighted by Gasteiger charge is -2.36. The summed E-state index contributed by atoms with van der Waals surface area (Å²) in [6.07, 6.45) is 5.80. The van der Waals surface area contributed by atoms with Crippen LogP contribution in [0.2, 0.25) is 0 Å². The van der Waals surface area contributed by atoms with Gasteiger partial charge in [0.1, 0.15) is 0 Å². The van der Waals surface area contributed by atoms with Crippen LogP contribution >= 0.6 is 11.3 Å². The fourth-order valence-electron chi connectivity index (χ4n) is 2.86. The molecule has 1 aromatic carbocycles. The molecule has 2 aromatic heterocycles. The molecule has 0 bridgehead atoms. The number of rotatable bonds is 2. The second-order valence-corrected chi connectivity index (χ2v) is 6.04. The summed E-state index contributed by atoms with van der Waals surface area (Å²) in [4.78, 5) is 13.6. The van der Waals surface area contributed by atoms with Crippen molar-refractivity contribution in [2.24, 2.45) is 0 Å². The van der Waals surface area contributed by atoms with Gasteiger partial charge in [0.2, 0.25) is 0 Å². The van der Waals surface area contributed by atoms with Crippen molar-refractivity contribution in [2.75, 3.05) is 36.0 Å². The van der Waals surface area contributed by atoms with Crippen LogP contribution in [0, 0.1) is 0 Å². The fraction of sp³-hybridized carbons (Fsp3) is 0.250. The zero-order chi connectivity index (χ0) is 14.1. The minimum absolute atomic E-state index is 1.01. The number of fused-ring (bicyclic) bond motifs is 1. The Kier molecular flexibility index (Phi) is 3.20. The second kappa shape index (κ2) is 5.33. The Hall–Kier alpha value is -2.14. The van der Waals surface area contributed by atoms with Gasteiger partial charge in [-0.2, -0.15) is 0 Å². The van der Waals surface area contributed by atoms with Gasteiger partial charge in [0.25, 0.3) is 0 Å². The molecule has 0 radical (unpaired) electrons. The third-order valence-corrected chi connectivity index (χ3v) is 4.79. The first kappa shape index (κ1) is 12.6. The monoisotopic (exact) mass is 296 g/mol. The molecule has 1 aliphatic heterocycles. The first-order valence-corrected chi connectivity index (χ1v) is 8.02. The molecule has 0 saturated carbocycles. The van der Waals surface area contributed by atoms with Gasteiger partial charge in [0.15, 0.2) is 5.13 Å². The lowest BCUT2D eigenvalue weighted by Crippen LogP contribution is -2.46. The lowest BCUT2D eigenvalue weighted by atomic mass is 10.1. The van der Waals surface area contributed by atoms with Gasteiger partial charge >= 0.3 is 0 Å². The van der Waals surface area contributed by atoms with E-state index in [1.807, 2.05) is 24.0 Å². The number of hydrogen-bond donors (Lipinski definition) is 0. The first-order chi connectivity index (χ1) is 10.4. The van der Waals surface area contributed by atoms with Crippen molar-refractivity contribution < 1.29 is 0 Å². The van der Waals surface area contributed by atoms with E-state index in [9.17, 15) is 0 Å². The first-order valence-electron chi connectivity index (χ1n) is 7.14. The van der Waals surface area contributed by atoms with Gasteiger partial charge in [-0.05, 0) is 0 Å². The Bertz CT molecular complexity index is 728. The molecular formula is C16H16N4S. The molecular weight excluding hydrogens is 280 g/mol. The molecule has 0 spiro atoms. The molecule has 3 aromatic rings. The molecule has 1 fully saturated rings. The van der Waals surface area contributed by atoms with Crippen LogP contribution in [0.15, 0.2) is 48.2 Å². The van der Waals surface area contributed by atoms with Crippen molar-refractivity contribution in [3.05, 3.63) is 48.2 Å². The Morgan fingerprint density at radius 1 is 0.952 bits per heavy atom. The zero-order valence-electron chi connectivity index (χ0n) is 11.6. The average Bonchev–Trinajstić information content (AvgIpc) is 3.09. The van der Waals surface area contributed by atoms with Gasteiger partial charge in [-0.15, -0.1) is 11.3 Å². The molecule has 0 N–H and O–H groups in total. The summed E-state index contributed by atoms with van der Waals surface area (Å²) in [5.41, 5.74) is 1.24. The number of benzene rings is 1. The van der Waals surface area contributed by atoms with Gasteiger partial charge < -0.3 is 9.80 Å². The van der Waals surface area contributed by atoms with E-state index in [4.69, 9.17) is 0 Å². The van der Waals surface area contributed by atoms with Gasteiger partial charge in [-0.25, -0.2) is 4.98 Å². The molecule has 1 saturated heterocycles. The van der Waals surface area contributed by atoms with Crippen molar-refractivity contribution in [2.45, 2.75) is 0 Å². The summed E-state index contributed by atoms with van der Waals surface area (Å²) >= 11 is 1.71. The second-order valence-electron chi connectivity index (χ2n) is 5.17. The number of thiazole rings is 1. The topological polar surface area (TPSA) is 32.3 Å². The number of piperazine rings is 1. The van der Waals surface area contributed by atoms with Crippen LogP contribution in [-0.4, -0.2) is 36.1 Å². The van der Waals surface area contributed by atoms with Crippen molar-refractivity contribution in [1.29, 1.82) is 0 Å². The van der Waals surface area contributed by atoms with Crippen LogP contribution in [0.25, 0.3) is 10.8 Å². The third-order valence-electron chi connectivity index (χ3n) is 3.96. The molecule has 5 heteroatoms. The molecule has 0 amide bonds. The van der Waals surface area contributed by atoms with Crippen molar-refractivity contribution in [3.8, 4) is 0 Å². The average molecular weight is 296 g/mol. The van der Waals surface area contributed by atoms with E-state index in [0.29, 0.717) is 0 Å². The molecule has 21 heavy (non-hydrogen) atoms. The lowest BCUT2D eigenvalue weighted by molar-refractivity contribution is 0.653. The number of hydrogen-bond acceptors (Lipinski definition) is 5. The minimum Gasteiger partial charge on any atom is -0.366 e. The fourth-order valence-corrected chi connectivity index (χ4v) is 3.56. The molecule has 0 unspecified atom stereocenters. The van der Waals surface area contributed by atoms with E-state index in [2.05, 4.69) is 44.0 Å². The van der Waals surface area contributed by atoms with E-state index in [1.165, 1.54) is 16.5 Å². The molecule has 4 rings (SSSR count). The molecule has 4 nitrogen and oxygen atoms in total. The SMILES string of the molecule is c1ccc2c(N3CCN(c4nccs4)CC3)cncc2c1. The summed E-state index contributed by atoms with van der Waals surface area (Å²) in [6.45, 7) is 4.04. The van der Waals surface area contributed by atoms with Gasteiger partial charge in [-0.1, -0.05) is 24.3 Å². The molecule has 1 aliphatic rings. The van der Waals surface area contributed by atoms with Gasteiger partial charge in [0.05, 0.1) is 11.9 Å². The maximum absolute atomic E-state index is 4.40. The summed E-state index contributed by atoms with van der Waals surface area (Å²) < 4.78 is 0. The Balaban J connectivity index is 1.58. The quantitative estimate of drug-likeness (QED) is 0.727. The number of aromatic nitrogens is 2. The van der Waals surface area contributed by atoms with Crippen LogP contribution in [-0.2, 0) is 0 Å². The highest BCUT2D eigenvalue weighted by Gasteiger charge is 2.20. The Morgan fingerprint density at radius 2 is 1.76 bits per heavy atom. The maximum Gasteiger partial charge on any atom is 0.185 e. The van der Waals surface area contributed by atoms with E-state index in [0.717, 1.165) is 31.3 Å². The Morgan fingerprint density at radius 3 is 2.57 bits per heavy atom. The summed E-state index contributed by atoms with van der Waals surface area (Å²) in [6, 6.07) is 8.46. The van der Waals surface area contributed by atoms with Gasteiger partial charge in [-0.3, -0.25) is 4.98 Å². The van der Waals surface area contributed by atoms with Gasteiger partial charge in [0, 0.05) is 54.7 Å². The molecule has 0 aliphatic carbocycles. The maximum atomic E-state index is 4.40. The van der Waals surface area contributed by atoms with Crippen LogP contribution < -0.4 is 9.80 Å². The highest BCUT2D eigenvalue weighted by atomic mass is 32.1. The van der Waals surface area contributed by atoms with Crippen LogP contribution in [0.5, 0.6) is 0 Å². The molecule has 106 valence electrons. The van der Waals surface area contributed by atoms with Crippen LogP contribution in [0.3, 0.4) is 0 Å². The van der Waals surface area contributed by atoms with Crippen molar-refractivity contribution in [3.63, 3.8) is 0 Å². The molecule has 0 atom stereocenters. The van der Waals surface area contributed by atoms with Crippen LogP contribution in [0.1, 0.15) is 0 Å². The number of pyridine rings is 1. The normalized spacial score (nSPS) is 15.6. The third kappa shape index (κ3) is 2.34. The minimum atomic E-state index is 1.01. The van der Waals surface area contributed by atoms with Crippen molar-refractivity contribution in [1.82, 2.24) is 9.97 Å². The predicted molar refractivity (Wildman–Crippen MR) is 88.3 cm³/mol. The summed E-state index contributed by atoms with van der Waals surface area (Å²) in [5, 5.41) is 5.66. The Labute approximate surface area is 127 Å². The van der Waals surface area contributed by atoms with E-state index in [-0.39, 0.29) is 0 Å². The molecule has 3 heterocycles. The van der Waals surface area contributed by atoms with E-state index >= 15 is 0 Å². The largest absolute Gasteiger partial charge is 0.366 e. The van der Waals surface area contributed by atoms with Crippen LogP contribution in [0.4, 0.5) is 10.8 Å². The van der Waals surface area contributed by atoms with Crippen molar-refractivity contribution >= 4 is 32.9 Å². The highest BCUT2D eigenvalue weighted by Crippen LogP contribution is 2.27. The highest BCUT2D eigenvalue weighted by molar-refractivity contribution is 7.13. The number of nitrogens with zero attached hydrogens (tertiary/aromatic N) is 4. The number of anilines is 2. The van der Waals surface area contributed by atoms with E-state index in [1.54, 1.807) is 11.3 Å². The zero-order valence-corrected chi connectivity index (χ0v) is 12.5. The standard InChI is InChI=1S/C16H16N4S/c1-2-4-14-13(3-1)11-17-12-15(14)19-6-8-20(9-7-19)16-18-5-10-21-16/h1-5,10-12H,6-9H2. The van der Waals surface area contributed by atoms with E-state index < -0.39 is 0 Å². The smallest absolute Gasteiger partial charge is 0.185 e. The summed E-state index contributed by atoms with van der Waals surface area (Å²) in [7, 11) is 0. The summed E-state index contributed by atoms with van der Waals surface area (Å²) in [5.74, 6) is 0. The predicted octanol–water partition coefficient (Wildman–Crippen LogP) is 3.02.